The molecule has 0 saturated carbocycles. The summed E-state index contributed by atoms with van der Waals surface area (Å²) in [7, 11) is 0. The summed E-state index contributed by atoms with van der Waals surface area (Å²) in [4.78, 5) is 19.4. The van der Waals surface area contributed by atoms with Crippen molar-refractivity contribution < 1.29 is 18.7 Å². The van der Waals surface area contributed by atoms with Crippen LogP contribution in [0, 0.1) is 12.8 Å². The van der Waals surface area contributed by atoms with Gasteiger partial charge in [0.15, 0.2) is 5.69 Å². The average Bonchev–Trinajstić information content (AvgIpc) is 3.31. The summed E-state index contributed by atoms with van der Waals surface area (Å²) in [5, 5.41) is 4.78. The van der Waals surface area contributed by atoms with Gasteiger partial charge in [0.05, 0.1) is 19.3 Å². The van der Waals surface area contributed by atoms with Gasteiger partial charge in [-0.3, -0.25) is 9.48 Å². The van der Waals surface area contributed by atoms with Gasteiger partial charge >= 0.3 is 0 Å². The zero-order valence-corrected chi connectivity index (χ0v) is 16.6. The number of aromatic nitrogens is 3. The number of oxazole rings is 1. The second-order valence-electron chi connectivity index (χ2n) is 7.37. The first-order valence-corrected chi connectivity index (χ1v) is 10.1. The number of carbonyl (C=O) groups is 1. The molecule has 8 heteroatoms. The number of amides is 1. The van der Waals surface area contributed by atoms with Gasteiger partial charge < -0.3 is 18.8 Å². The van der Waals surface area contributed by atoms with E-state index in [-0.39, 0.29) is 11.8 Å². The lowest BCUT2D eigenvalue weighted by molar-refractivity contribution is -0.139. The lowest BCUT2D eigenvalue weighted by Gasteiger charge is -2.32. The van der Waals surface area contributed by atoms with Crippen LogP contribution >= 0.6 is 0 Å². The van der Waals surface area contributed by atoms with Crippen LogP contribution in [0.3, 0.4) is 0 Å². The maximum absolute atomic E-state index is 13.0. The summed E-state index contributed by atoms with van der Waals surface area (Å²) in [6.07, 6.45) is 4.10. The van der Waals surface area contributed by atoms with Gasteiger partial charge in [0.1, 0.15) is 5.76 Å². The molecule has 152 valence electrons. The Morgan fingerprint density at radius 2 is 2.18 bits per heavy atom. The molecule has 2 aliphatic heterocycles. The van der Waals surface area contributed by atoms with Crippen LogP contribution < -0.4 is 0 Å². The molecule has 0 atom stereocenters. The molecule has 0 N–H and O–H groups in total. The predicted octanol–water partition coefficient (Wildman–Crippen LogP) is 2.19. The van der Waals surface area contributed by atoms with E-state index in [4.69, 9.17) is 19.0 Å². The minimum atomic E-state index is 0.0655. The molecule has 28 heavy (non-hydrogen) atoms. The fourth-order valence-corrected chi connectivity index (χ4v) is 4.00. The molecule has 1 fully saturated rings. The van der Waals surface area contributed by atoms with Crippen molar-refractivity contribution in [2.24, 2.45) is 5.92 Å². The maximum atomic E-state index is 13.0. The van der Waals surface area contributed by atoms with Gasteiger partial charge in [-0.1, -0.05) is 0 Å². The second-order valence-corrected chi connectivity index (χ2v) is 7.37. The van der Waals surface area contributed by atoms with Crippen molar-refractivity contribution in [1.82, 2.24) is 19.7 Å². The van der Waals surface area contributed by atoms with Crippen molar-refractivity contribution in [2.45, 2.75) is 46.2 Å². The lowest BCUT2D eigenvalue weighted by Crippen LogP contribution is -2.41. The topological polar surface area (TPSA) is 82.6 Å². The highest BCUT2D eigenvalue weighted by Crippen LogP contribution is 2.31. The van der Waals surface area contributed by atoms with Gasteiger partial charge in [0.2, 0.25) is 11.8 Å². The smallest absolute Gasteiger partial charge is 0.247 e. The van der Waals surface area contributed by atoms with Gasteiger partial charge in [0.25, 0.3) is 0 Å². The van der Waals surface area contributed by atoms with Crippen LogP contribution in [0.5, 0.6) is 0 Å². The molecular formula is C20H28N4O4. The minimum absolute atomic E-state index is 0.0655. The number of hydrogen-bond donors (Lipinski definition) is 0. The van der Waals surface area contributed by atoms with Crippen molar-refractivity contribution >= 4 is 5.91 Å². The molecule has 0 aliphatic carbocycles. The number of fused-ring (bicyclic) bond motifs is 1. The first-order chi connectivity index (χ1) is 13.7. The molecular weight excluding hydrogens is 360 g/mol. The Morgan fingerprint density at radius 3 is 2.89 bits per heavy atom. The average molecular weight is 388 g/mol. The third kappa shape index (κ3) is 3.84. The Hall–Kier alpha value is -2.19. The van der Waals surface area contributed by atoms with Gasteiger partial charge in [-0.25, -0.2) is 4.98 Å². The predicted molar refractivity (Wildman–Crippen MR) is 102 cm³/mol. The summed E-state index contributed by atoms with van der Waals surface area (Å²) in [6.45, 7) is 8.45. The summed E-state index contributed by atoms with van der Waals surface area (Å²) in [5.41, 5.74) is 2.94. The highest BCUT2D eigenvalue weighted by Gasteiger charge is 2.33. The van der Waals surface area contributed by atoms with Crippen LogP contribution in [-0.4, -0.2) is 58.5 Å². The lowest BCUT2D eigenvalue weighted by atomic mass is 9.96. The van der Waals surface area contributed by atoms with E-state index in [1.807, 2.05) is 23.4 Å². The van der Waals surface area contributed by atoms with Gasteiger partial charge in [-0.05, 0) is 26.7 Å². The van der Waals surface area contributed by atoms with E-state index in [2.05, 4.69) is 4.98 Å². The van der Waals surface area contributed by atoms with Crippen LogP contribution in [0.25, 0.3) is 11.6 Å². The Balaban J connectivity index is 1.60. The monoisotopic (exact) mass is 388 g/mol. The zero-order valence-electron chi connectivity index (χ0n) is 16.6. The summed E-state index contributed by atoms with van der Waals surface area (Å²) in [6, 6.07) is 0. The van der Waals surface area contributed by atoms with E-state index in [0.29, 0.717) is 52.0 Å². The van der Waals surface area contributed by atoms with E-state index in [1.54, 1.807) is 6.20 Å². The molecule has 2 aromatic heterocycles. The van der Waals surface area contributed by atoms with Crippen LogP contribution in [0.4, 0.5) is 0 Å². The molecule has 0 unspecified atom stereocenters. The Bertz CT molecular complexity index is 822. The second kappa shape index (κ2) is 8.45. The SMILES string of the molecule is CCOCCn1nc(-c2ncc(C)o2)c2c1CCN(C(=O)C1CCOCC1)C2. The number of rotatable bonds is 6. The molecule has 2 aliphatic rings. The minimum Gasteiger partial charge on any atom is -0.440 e. The molecule has 2 aromatic rings. The van der Waals surface area contributed by atoms with Crippen molar-refractivity contribution in [3.05, 3.63) is 23.2 Å². The van der Waals surface area contributed by atoms with E-state index in [9.17, 15) is 4.79 Å². The molecule has 1 saturated heterocycles. The third-order valence-electron chi connectivity index (χ3n) is 5.49. The van der Waals surface area contributed by atoms with Gasteiger partial charge in [-0.2, -0.15) is 5.10 Å². The number of nitrogens with zero attached hydrogens (tertiary/aromatic N) is 4. The fourth-order valence-electron chi connectivity index (χ4n) is 4.00. The van der Waals surface area contributed by atoms with Crippen LogP contribution in [0.1, 0.15) is 36.8 Å². The first kappa shape index (κ1) is 19.1. The van der Waals surface area contributed by atoms with Gasteiger partial charge in [0, 0.05) is 56.5 Å². The first-order valence-electron chi connectivity index (χ1n) is 10.1. The number of carbonyl (C=O) groups excluding carboxylic acids is 1. The quantitative estimate of drug-likeness (QED) is 0.706. The third-order valence-corrected chi connectivity index (χ3v) is 5.49. The Kier molecular flexibility index (Phi) is 5.77. The highest BCUT2D eigenvalue weighted by molar-refractivity contribution is 5.79. The number of hydrogen-bond acceptors (Lipinski definition) is 6. The molecule has 4 rings (SSSR count). The standard InChI is InChI=1S/C20H28N4O4/c1-3-26-11-8-24-17-4-7-23(20(25)15-5-9-27-10-6-15)13-16(17)18(22-24)19-21-12-14(2)28-19/h12,15H,3-11,13H2,1-2H3. The van der Waals surface area contributed by atoms with E-state index >= 15 is 0 Å². The van der Waals surface area contributed by atoms with Crippen molar-refractivity contribution in [2.75, 3.05) is 33.0 Å². The highest BCUT2D eigenvalue weighted by atomic mass is 16.5. The molecule has 8 nitrogen and oxygen atoms in total. The molecule has 0 aromatic carbocycles. The largest absolute Gasteiger partial charge is 0.440 e. The molecule has 0 radical (unpaired) electrons. The maximum Gasteiger partial charge on any atom is 0.247 e. The molecule has 0 spiro atoms. The van der Waals surface area contributed by atoms with Crippen molar-refractivity contribution in [3.8, 4) is 11.6 Å². The normalized spacial score (nSPS) is 17.7. The fraction of sp³-hybridized carbons (Fsp3) is 0.650. The Labute approximate surface area is 164 Å². The van der Waals surface area contributed by atoms with Crippen molar-refractivity contribution in [1.29, 1.82) is 0 Å². The molecule has 0 bridgehead atoms. The summed E-state index contributed by atoms with van der Waals surface area (Å²) < 4.78 is 18.7. The molecule has 1 amide bonds. The van der Waals surface area contributed by atoms with Crippen LogP contribution in [0.2, 0.25) is 0 Å². The Morgan fingerprint density at radius 1 is 1.36 bits per heavy atom. The van der Waals surface area contributed by atoms with Gasteiger partial charge in [-0.15, -0.1) is 0 Å². The van der Waals surface area contributed by atoms with Crippen LogP contribution in [-0.2, 0) is 33.8 Å². The number of aryl methyl sites for hydroxylation is 1. The van der Waals surface area contributed by atoms with Crippen molar-refractivity contribution in [3.63, 3.8) is 0 Å². The summed E-state index contributed by atoms with van der Waals surface area (Å²) in [5.74, 6) is 1.56. The molecule has 4 heterocycles. The zero-order chi connectivity index (χ0) is 19.5. The van der Waals surface area contributed by atoms with E-state index in [0.717, 1.165) is 42.0 Å². The number of ether oxygens (including phenoxy) is 2. The van der Waals surface area contributed by atoms with E-state index in [1.165, 1.54) is 0 Å². The van der Waals surface area contributed by atoms with Crippen LogP contribution in [0.15, 0.2) is 10.6 Å². The van der Waals surface area contributed by atoms with E-state index < -0.39 is 0 Å². The summed E-state index contributed by atoms with van der Waals surface area (Å²) >= 11 is 0.